The molecule has 2 heterocycles. The van der Waals surface area contributed by atoms with E-state index >= 15 is 0 Å². The van der Waals surface area contributed by atoms with Gasteiger partial charge in [0, 0.05) is 41.8 Å². The molecule has 2 fully saturated rings. The average Bonchev–Trinajstić information content (AvgIpc) is 2.77. The van der Waals surface area contributed by atoms with Crippen LogP contribution in [0.1, 0.15) is 69.0 Å². The van der Waals surface area contributed by atoms with Crippen molar-refractivity contribution in [3.8, 4) is 0 Å². The molecule has 0 radical (unpaired) electrons. The lowest BCUT2D eigenvalue weighted by molar-refractivity contribution is -0.346. The predicted molar refractivity (Wildman–Crippen MR) is 122 cm³/mol. The van der Waals surface area contributed by atoms with Crippen molar-refractivity contribution >= 4 is 16.8 Å². The van der Waals surface area contributed by atoms with Gasteiger partial charge >= 0.3 is 6.36 Å². The van der Waals surface area contributed by atoms with E-state index in [1.54, 1.807) is 17.8 Å². The van der Waals surface area contributed by atoms with Gasteiger partial charge in [-0.1, -0.05) is 13.3 Å². The lowest BCUT2D eigenvalue weighted by Crippen LogP contribution is -2.45. The minimum atomic E-state index is -4.68. The molecule has 2 aliphatic carbocycles. The molecule has 0 bridgehead atoms. The summed E-state index contributed by atoms with van der Waals surface area (Å²) < 4.78 is 43.7. The highest BCUT2D eigenvalue weighted by atomic mass is 19.4. The van der Waals surface area contributed by atoms with Crippen molar-refractivity contribution in [1.29, 1.82) is 0 Å². The number of aryl methyl sites for hydroxylation is 2. The molecule has 0 spiro atoms. The molecule has 34 heavy (non-hydrogen) atoms. The Hall–Kier alpha value is -2.42. The summed E-state index contributed by atoms with van der Waals surface area (Å²) in [7, 11) is 1.77. The van der Waals surface area contributed by atoms with Gasteiger partial charge in [0.1, 0.15) is 0 Å². The smallest absolute Gasteiger partial charge is 0.353 e. The van der Waals surface area contributed by atoms with Crippen LogP contribution in [-0.4, -0.2) is 34.0 Å². The van der Waals surface area contributed by atoms with Gasteiger partial charge < -0.3 is 9.88 Å². The number of carbonyl (C=O) groups excluding carboxylic acids is 1. The fourth-order valence-electron chi connectivity index (χ4n) is 5.64. The molecule has 0 aliphatic heterocycles. The molecule has 5 unspecified atom stereocenters. The van der Waals surface area contributed by atoms with Crippen LogP contribution in [-0.2, 0) is 16.6 Å². The molecule has 0 aromatic carbocycles. The number of rotatable bonds is 4. The predicted octanol–water partition coefficient (Wildman–Crippen LogP) is 4.73. The van der Waals surface area contributed by atoms with Crippen molar-refractivity contribution in [1.82, 2.24) is 14.9 Å². The van der Waals surface area contributed by atoms with E-state index in [0.717, 1.165) is 35.0 Å². The maximum Gasteiger partial charge on any atom is 0.522 e. The number of aromatic nitrogens is 2. The van der Waals surface area contributed by atoms with Crippen molar-refractivity contribution in [3.63, 3.8) is 0 Å². The minimum absolute atomic E-state index is 0.0175. The van der Waals surface area contributed by atoms with Crippen LogP contribution in [0, 0.1) is 18.8 Å². The molecule has 2 aliphatic rings. The number of amides is 1. The van der Waals surface area contributed by atoms with Crippen LogP contribution in [0.2, 0.25) is 0 Å². The van der Waals surface area contributed by atoms with E-state index in [1.165, 1.54) is 0 Å². The number of hydrogen-bond donors (Lipinski definition) is 1. The maximum atomic E-state index is 13.2. The molecule has 2 aromatic heterocycles. The molecule has 9 heteroatoms. The third-order valence-corrected chi connectivity index (χ3v) is 7.51. The van der Waals surface area contributed by atoms with Crippen molar-refractivity contribution in [3.05, 3.63) is 39.9 Å². The van der Waals surface area contributed by atoms with E-state index < -0.39 is 18.4 Å². The Kier molecular flexibility index (Phi) is 7.03. The number of fused-ring (bicyclic) bond motifs is 1. The number of nitrogens with zero attached hydrogens (tertiary/aromatic N) is 2. The van der Waals surface area contributed by atoms with Gasteiger partial charge in [-0.2, -0.15) is 0 Å². The average molecular weight is 480 g/mol. The molecule has 1 N–H and O–H groups in total. The highest BCUT2D eigenvalue weighted by Crippen LogP contribution is 2.38. The number of ether oxygens (including phenoxy) is 1. The quantitative estimate of drug-likeness (QED) is 0.689. The second-order valence-corrected chi connectivity index (χ2v) is 10.00. The molecule has 186 valence electrons. The van der Waals surface area contributed by atoms with Crippen LogP contribution >= 0.6 is 0 Å². The molecular formula is C25H32F3N3O3. The van der Waals surface area contributed by atoms with Crippen molar-refractivity contribution < 1.29 is 22.7 Å². The number of carbonyl (C=O) groups is 1. The second kappa shape index (κ2) is 9.68. The van der Waals surface area contributed by atoms with Gasteiger partial charge in [-0.25, -0.2) is 0 Å². The zero-order chi connectivity index (χ0) is 24.6. The summed E-state index contributed by atoms with van der Waals surface area (Å²) in [5, 5.41) is 3.98. The molecule has 2 aromatic rings. The SMILES string of the molecule is Cc1cc2c(cn1)cc(C1CC(NC(=O)C3CCCC(OC(F)(F)F)C3)CCC1C)c(=O)n2C. The van der Waals surface area contributed by atoms with Gasteiger partial charge in [-0.3, -0.25) is 19.3 Å². The zero-order valence-corrected chi connectivity index (χ0v) is 19.8. The summed E-state index contributed by atoms with van der Waals surface area (Å²) in [6, 6.07) is 3.71. The van der Waals surface area contributed by atoms with Gasteiger partial charge in [-0.05, 0) is 69.4 Å². The Morgan fingerprint density at radius 1 is 1.18 bits per heavy atom. The molecule has 1 amide bonds. The topological polar surface area (TPSA) is 73.2 Å². The van der Waals surface area contributed by atoms with E-state index in [2.05, 4.69) is 22.0 Å². The standard InChI is InChI=1S/C25H32F3N3O3/c1-14-7-8-18(30-23(32)16-5-4-6-19(10-16)34-25(26,27)28)12-20(14)21-11-17-13-29-15(2)9-22(17)31(3)24(21)33/h9,11,13-14,16,18-20H,4-8,10,12H2,1-3H3,(H,30,32). The highest BCUT2D eigenvalue weighted by Gasteiger charge is 2.38. The lowest BCUT2D eigenvalue weighted by Gasteiger charge is -2.36. The fraction of sp³-hybridized carbons (Fsp3) is 0.640. The molecule has 4 rings (SSSR count). The van der Waals surface area contributed by atoms with Gasteiger partial charge in [0.25, 0.3) is 5.56 Å². The van der Waals surface area contributed by atoms with Gasteiger partial charge in [0.2, 0.25) is 5.91 Å². The Morgan fingerprint density at radius 3 is 2.68 bits per heavy atom. The van der Waals surface area contributed by atoms with Gasteiger partial charge in [0.05, 0.1) is 11.6 Å². The molecule has 6 nitrogen and oxygen atoms in total. The minimum Gasteiger partial charge on any atom is -0.353 e. The van der Waals surface area contributed by atoms with Crippen LogP contribution in [0.4, 0.5) is 13.2 Å². The van der Waals surface area contributed by atoms with E-state index in [9.17, 15) is 22.8 Å². The van der Waals surface area contributed by atoms with Crippen molar-refractivity contribution in [2.24, 2.45) is 18.9 Å². The van der Waals surface area contributed by atoms with Crippen molar-refractivity contribution in [2.75, 3.05) is 0 Å². The van der Waals surface area contributed by atoms with Gasteiger partial charge in [0.15, 0.2) is 0 Å². The van der Waals surface area contributed by atoms with Gasteiger partial charge in [-0.15, -0.1) is 13.2 Å². The molecule has 2 saturated carbocycles. The second-order valence-electron chi connectivity index (χ2n) is 10.00. The Morgan fingerprint density at radius 2 is 1.94 bits per heavy atom. The largest absolute Gasteiger partial charge is 0.522 e. The molecular weight excluding hydrogens is 447 g/mol. The third-order valence-electron chi connectivity index (χ3n) is 7.51. The summed E-state index contributed by atoms with van der Waals surface area (Å²) in [5.41, 5.74) is 2.36. The first-order valence-corrected chi connectivity index (χ1v) is 12.0. The van der Waals surface area contributed by atoms with Crippen LogP contribution in [0.25, 0.3) is 10.9 Å². The number of halogens is 3. The summed E-state index contributed by atoms with van der Waals surface area (Å²) in [4.78, 5) is 30.5. The number of pyridine rings is 2. The Bertz CT molecular complexity index is 1110. The maximum absolute atomic E-state index is 13.2. The lowest BCUT2D eigenvalue weighted by atomic mass is 9.74. The molecule has 0 saturated heterocycles. The van der Waals surface area contributed by atoms with Crippen LogP contribution in [0.5, 0.6) is 0 Å². The Balaban J connectivity index is 1.47. The third kappa shape index (κ3) is 5.45. The van der Waals surface area contributed by atoms with E-state index in [4.69, 9.17) is 0 Å². The van der Waals surface area contributed by atoms with E-state index in [-0.39, 0.29) is 35.8 Å². The Labute approximate surface area is 196 Å². The monoisotopic (exact) mass is 479 g/mol. The number of alkyl halides is 3. The highest BCUT2D eigenvalue weighted by molar-refractivity contribution is 5.80. The van der Waals surface area contributed by atoms with Crippen LogP contribution < -0.4 is 10.9 Å². The first-order chi connectivity index (χ1) is 16.0. The summed E-state index contributed by atoms with van der Waals surface area (Å²) in [6.07, 6.45) is -0.123. The van der Waals surface area contributed by atoms with Crippen LogP contribution in [0.3, 0.4) is 0 Å². The summed E-state index contributed by atoms with van der Waals surface area (Å²) >= 11 is 0. The number of nitrogens with one attached hydrogen (secondary N) is 1. The van der Waals surface area contributed by atoms with Crippen LogP contribution in [0.15, 0.2) is 23.1 Å². The number of hydrogen-bond acceptors (Lipinski definition) is 4. The van der Waals surface area contributed by atoms with E-state index in [1.807, 2.05) is 19.1 Å². The summed E-state index contributed by atoms with van der Waals surface area (Å²) in [6.45, 7) is 4.01. The first kappa shape index (κ1) is 24.7. The fourth-order valence-corrected chi connectivity index (χ4v) is 5.64. The first-order valence-electron chi connectivity index (χ1n) is 12.0. The van der Waals surface area contributed by atoms with Crippen molar-refractivity contribution in [2.45, 2.75) is 83.2 Å². The normalized spacial score (nSPS) is 28.1. The summed E-state index contributed by atoms with van der Waals surface area (Å²) in [5.74, 6) is -0.436. The molecule has 5 atom stereocenters. The van der Waals surface area contributed by atoms with E-state index in [0.29, 0.717) is 25.7 Å². The zero-order valence-electron chi connectivity index (χ0n) is 19.8.